The normalized spacial score (nSPS) is 20.7. The van der Waals surface area contributed by atoms with Gasteiger partial charge in [-0.2, -0.15) is 0 Å². The maximum Gasteiger partial charge on any atom is 0.272 e. The van der Waals surface area contributed by atoms with Gasteiger partial charge in [-0.05, 0) is 25.1 Å². The molecule has 0 spiro atoms. The lowest BCUT2D eigenvalue weighted by atomic mass is 10.2. The molecular weight excluding hydrogens is 176 g/mol. The van der Waals surface area contributed by atoms with Crippen LogP contribution in [0.25, 0.3) is 0 Å². The highest BCUT2D eigenvalue weighted by Gasteiger charge is 2.19. The molecule has 1 radical (unpaired) electrons. The van der Waals surface area contributed by atoms with Crippen LogP contribution in [0.2, 0.25) is 0 Å². The number of benzene rings is 1. The summed E-state index contributed by atoms with van der Waals surface area (Å²) in [6.07, 6.45) is 0.971. The molecule has 0 saturated carbocycles. The molecule has 1 aromatic carbocycles. The van der Waals surface area contributed by atoms with E-state index in [1.165, 1.54) is 0 Å². The number of hydrogen-bond acceptors (Lipinski definition) is 2. The summed E-state index contributed by atoms with van der Waals surface area (Å²) in [6, 6.07) is 9.38. The molecule has 1 aromatic rings. The van der Waals surface area contributed by atoms with Gasteiger partial charge in [0, 0.05) is 12.1 Å². The van der Waals surface area contributed by atoms with Crippen molar-refractivity contribution in [3.63, 3.8) is 0 Å². The third kappa shape index (κ3) is 2.12. The minimum Gasteiger partial charge on any atom is -0.315 e. The van der Waals surface area contributed by atoms with Crippen LogP contribution in [0.4, 0.5) is 0 Å². The topological polar surface area (TPSA) is 43.2 Å². The lowest BCUT2D eigenvalue weighted by Gasteiger charge is -2.07. The molecular formula is C11H13N2O. The van der Waals surface area contributed by atoms with Gasteiger partial charge in [-0.15, -0.1) is 0 Å². The van der Waals surface area contributed by atoms with Gasteiger partial charge in [0.15, 0.2) is 0 Å². The molecule has 0 aromatic heterocycles. The first-order valence-corrected chi connectivity index (χ1v) is 4.87. The first kappa shape index (κ1) is 9.21. The number of amides is 1. The van der Waals surface area contributed by atoms with Gasteiger partial charge in [-0.1, -0.05) is 18.2 Å². The van der Waals surface area contributed by atoms with E-state index in [0.29, 0.717) is 5.56 Å². The van der Waals surface area contributed by atoms with E-state index in [9.17, 15) is 4.79 Å². The van der Waals surface area contributed by atoms with E-state index in [2.05, 4.69) is 10.6 Å². The molecule has 0 bridgehead atoms. The van der Waals surface area contributed by atoms with E-state index >= 15 is 0 Å². The van der Waals surface area contributed by atoms with Gasteiger partial charge in [0.05, 0.1) is 6.04 Å². The van der Waals surface area contributed by atoms with Gasteiger partial charge < -0.3 is 5.32 Å². The molecule has 2 rings (SSSR count). The highest BCUT2D eigenvalue weighted by Crippen LogP contribution is 2.03. The summed E-state index contributed by atoms with van der Waals surface area (Å²) in [6.45, 7) is 1.80. The minimum atomic E-state index is -0.0979. The zero-order valence-electron chi connectivity index (χ0n) is 7.94. The lowest BCUT2D eigenvalue weighted by Crippen LogP contribution is -2.29. The Morgan fingerprint density at radius 2 is 2.14 bits per heavy atom. The van der Waals surface area contributed by atoms with Crippen LogP contribution >= 0.6 is 0 Å². The van der Waals surface area contributed by atoms with E-state index in [4.69, 9.17) is 0 Å². The zero-order chi connectivity index (χ0) is 9.80. The highest BCUT2D eigenvalue weighted by molar-refractivity contribution is 5.94. The molecule has 3 heteroatoms. The van der Waals surface area contributed by atoms with Gasteiger partial charge in [-0.3, -0.25) is 4.79 Å². The van der Waals surface area contributed by atoms with Crippen LogP contribution in [0.1, 0.15) is 16.8 Å². The lowest BCUT2D eigenvalue weighted by molar-refractivity contribution is 0.0934. The molecule has 1 heterocycles. The number of carbonyl (C=O) groups excluding carboxylic acids is 1. The first-order chi connectivity index (χ1) is 6.86. The predicted molar refractivity (Wildman–Crippen MR) is 54.2 cm³/mol. The summed E-state index contributed by atoms with van der Waals surface area (Å²) in [7, 11) is 0. The smallest absolute Gasteiger partial charge is 0.272 e. The standard InChI is InChI=1S/C11H13N2O/c14-11(9-4-2-1-3-5-9)13-10-6-7-12-8-10/h1-5,10,12H,6-8H2. The molecule has 1 atom stereocenters. The van der Waals surface area contributed by atoms with Crippen molar-refractivity contribution in [1.29, 1.82) is 0 Å². The quantitative estimate of drug-likeness (QED) is 0.747. The number of hydrogen-bond donors (Lipinski definition) is 1. The maximum absolute atomic E-state index is 11.6. The average molecular weight is 189 g/mol. The van der Waals surface area contributed by atoms with E-state index in [1.54, 1.807) is 12.1 Å². The molecule has 73 valence electrons. The Balaban J connectivity index is 1.95. The molecule has 3 nitrogen and oxygen atoms in total. The van der Waals surface area contributed by atoms with Crippen molar-refractivity contribution in [3.05, 3.63) is 35.9 Å². The van der Waals surface area contributed by atoms with Gasteiger partial charge in [0.2, 0.25) is 0 Å². The second kappa shape index (κ2) is 4.24. The van der Waals surface area contributed by atoms with Crippen LogP contribution < -0.4 is 10.6 Å². The summed E-state index contributed by atoms with van der Waals surface area (Å²) < 4.78 is 0. The Morgan fingerprint density at radius 1 is 1.36 bits per heavy atom. The van der Waals surface area contributed by atoms with E-state index in [1.807, 2.05) is 18.2 Å². The third-order valence-electron chi connectivity index (χ3n) is 2.35. The molecule has 1 aliphatic heterocycles. The van der Waals surface area contributed by atoms with Crippen LogP contribution in [-0.4, -0.2) is 25.0 Å². The summed E-state index contributed by atoms with van der Waals surface area (Å²) in [5.41, 5.74) is 0.680. The second-order valence-corrected chi connectivity index (χ2v) is 3.45. The zero-order valence-corrected chi connectivity index (χ0v) is 7.94. The fourth-order valence-corrected chi connectivity index (χ4v) is 1.57. The van der Waals surface area contributed by atoms with Crippen molar-refractivity contribution in [2.45, 2.75) is 12.5 Å². The van der Waals surface area contributed by atoms with Crippen molar-refractivity contribution in [1.82, 2.24) is 10.6 Å². The van der Waals surface area contributed by atoms with Gasteiger partial charge in [0.25, 0.3) is 5.91 Å². The van der Waals surface area contributed by atoms with Crippen molar-refractivity contribution in [2.75, 3.05) is 13.1 Å². The second-order valence-electron chi connectivity index (χ2n) is 3.45. The molecule has 1 saturated heterocycles. The monoisotopic (exact) mass is 189 g/mol. The van der Waals surface area contributed by atoms with Gasteiger partial charge in [0.1, 0.15) is 0 Å². The Labute approximate surface area is 83.5 Å². The molecule has 1 aliphatic rings. The molecule has 0 aliphatic carbocycles. The SMILES string of the molecule is O=C([N]C1CCNC1)c1ccccc1. The Hall–Kier alpha value is -1.35. The van der Waals surface area contributed by atoms with Crippen molar-refractivity contribution >= 4 is 5.91 Å². The van der Waals surface area contributed by atoms with Crippen molar-refractivity contribution in [3.8, 4) is 0 Å². The van der Waals surface area contributed by atoms with Crippen molar-refractivity contribution in [2.24, 2.45) is 0 Å². The molecule has 14 heavy (non-hydrogen) atoms. The first-order valence-electron chi connectivity index (χ1n) is 4.87. The summed E-state index contributed by atoms with van der Waals surface area (Å²) in [4.78, 5) is 11.6. The molecule has 1 N–H and O–H groups in total. The predicted octanol–water partition coefficient (Wildman–Crippen LogP) is 0.793. The van der Waals surface area contributed by atoms with Crippen molar-refractivity contribution < 1.29 is 4.79 Å². The van der Waals surface area contributed by atoms with Crippen LogP contribution in [-0.2, 0) is 0 Å². The number of nitrogens with one attached hydrogen (secondary N) is 1. The largest absolute Gasteiger partial charge is 0.315 e. The maximum atomic E-state index is 11.6. The molecule has 1 amide bonds. The fourth-order valence-electron chi connectivity index (χ4n) is 1.57. The van der Waals surface area contributed by atoms with E-state index in [-0.39, 0.29) is 11.9 Å². The van der Waals surface area contributed by atoms with E-state index < -0.39 is 0 Å². The minimum absolute atomic E-state index is 0.0979. The Bertz CT molecular complexity index is 304. The van der Waals surface area contributed by atoms with Gasteiger partial charge >= 0.3 is 0 Å². The summed E-state index contributed by atoms with van der Waals surface area (Å²) in [5, 5.41) is 7.33. The highest BCUT2D eigenvalue weighted by atomic mass is 16.1. The van der Waals surface area contributed by atoms with Crippen LogP contribution in [0, 0.1) is 0 Å². The number of rotatable bonds is 2. The van der Waals surface area contributed by atoms with Crippen LogP contribution in [0.15, 0.2) is 30.3 Å². The van der Waals surface area contributed by atoms with Crippen LogP contribution in [0.3, 0.4) is 0 Å². The third-order valence-corrected chi connectivity index (χ3v) is 2.35. The Kier molecular flexibility index (Phi) is 2.79. The average Bonchev–Trinajstić information content (AvgIpc) is 2.72. The van der Waals surface area contributed by atoms with Gasteiger partial charge in [-0.25, -0.2) is 5.32 Å². The van der Waals surface area contributed by atoms with E-state index in [0.717, 1.165) is 19.5 Å². The number of carbonyl (C=O) groups is 1. The Morgan fingerprint density at radius 3 is 2.79 bits per heavy atom. The fraction of sp³-hybridized carbons (Fsp3) is 0.364. The van der Waals surface area contributed by atoms with Crippen LogP contribution in [0.5, 0.6) is 0 Å². The molecule has 1 unspecified atom stereocenters. The molecule has 1 fully saturated rings. The summed E-state index contributed by atoms with van der Waals surface area (Å²) >= 11 is 0. The number of nitrogens with zero attached hydrogens (tertiary/aromatic N) is 1. The summed E-state index contributed by atoms with van der Waals surface area (Å²) in [5.74, 6) is -0.0979.